The number of pyridine rings is 2. The van der Waals surface area contributed by atoms with Gasteiger partial charge < -0.3 is 14.2 Å². The van der Waals surface area contributed by atoms with Crippen molar-refractivity contribution >= 4 is 16.9 Å². The predicted molar refractivity (Wildman–Crippen MR) is 124 cm³/mol. The number of methoxy groups -OCH3 is 1. The average Bonchev–Trinajstić information content (AvgIpc) is 2.84. The molecule has 0 amide bonds. The van der Waals surface area contributed by atoms with Gasteiger partial charge in [0.05, 0.1) is 31.6 Å². The molecule has 0 fully saturated rings. The summed E-state index contributed by atoms with van der Waals surface area (Å²) in [4.78, 5) is 21.9. The van der Waals surface area contributed by atoms with E-state index >= 15 is 0 Å². The van der Waals surface area contributed by atoms with Gasteiger partial charge in [-0.05, 0) is 38.1 Å². The summed E-state index contributed by atoms with van der Waals surface area (Å²) < 4.78 is 16.5. The zero-order valence-electron chi connectivity index (χ0n) is 18.3. The van der Waals surface area contributed by atoms with E-state index in [0.29, 0.717) is 29.0 Å². The van der Waals surface area contributed by atoms with Crippen molar-refractivity contribution in [1.29, 1.82) is 0 Å². The molecule has 0 N–H and O–H groups in total. The average molecular weight is 428 g/mol. The van der Waals surface area contributed by atoms with Crippen LogP contribution in [0.3, 0.4) is 0 Å². The number of hydrogen-bond acceptors (Lipinski definition) is 6. The Hall–Kier alpha value is -3.93. The Morgan fingerprint density at radius 1 is 0.875 bits per heavy atom. The van der Waals surface area contributed by atoms with E-state index < -0.39 is 5.97 Å². The van der Waals surface area contributed by atoms with Gasteiger partial charge in [0.1, 0.15) is 17.0 Å². The summed E-state index contributed by atoms with van der Waals surface area (Å²) in [6, 6.07) is 17.3. The highest BCUT2D eigenvalue weighted by molar-refractivity contribution is 6.07. The summed E-state index contributed by atoms with van der Waals surface area (Å²) in [5.41, 5.74) is 4.25. The summed E-state index contributed by atoms with van der Waals surface area (Å²) in [6.07, 6.45) is 3.30. The molecule has 0 bridgehead atoms. The van der Waals surface area contributed by atoms with Crippen molar-refractivity contribution in [3.63, 3.8) is 0 Å². The normalized spacial score (nSPS) is 10.7. The van der Waals surface area contributed by atoms with Crippen molar-refractivity contribution in [2.75, 3.05) is 20.3 Å². The zero-order valence-corrected chi connectivity index (χ0v) is 18.3. The molecule has 32 heavy (non-hydrogen) atoms. The van der Waals surface area contributed by atoms with E-state index in [2.05, 4.69) is 9.97 Å². The summed E-state index contributed by atoms with van der Waals surface area (Å²) in [5, 5.41) is 0.791. The minimum absolute atomic E-state index is 0.278. The molecule has 0 unspecified atom stereocenters. The van der Waals surface area contributed by atoms with Crippen LogP contribution in [0.15, 0.2) is 67.0 Å². The van der Waals surface area contributed by atoms with Gasteiger partial charge in [-0.3, -0.25) is 9.97 Å². The molecule has 6 heteroatoms. The van der Waals surface area contributed by atoms with Crippen LogP contribution in [0.25, 0.3) is 33.3 Å². The van der Waals surface area contributed by atoms with Gasteiger partial charge in [0.2, 0.25) is 0 Å². The van der Waals surface area contributed by atoms with E-state index in [0.717, 1.165) is 28.0 Å². The fourth-order valence-corrected chi connectivity index (χ4v) is 3.70. The van der Waals surface area contributed by atoms with E-state index in [1.807, 2.05) is 61.5 Å². The number of carbonyl (C=O) groups excluding carboxylic acids is 1. The summed E-state index contributed by atoms with van der Waals surface area (Å²) in [7, 11) is 1.60. The summed E-state index contributed by atoms with van der Waals surface area (Å²) in [6.45, 7) is 4.58. The Kier molecular flexibility index (Phi) is 6.31. The molecule has 0 saturated carbocycles. The first-order valence-electron chi connectivity index (χ1n) is 10.5. The predicted octanol–water partition coefficient (Wildman–Crippen LogP) is 5.55. The molecule has 0 saturated heterocycles. The van der Waals surface area contributed by atoms with Gasteiger partial charge >= 0.3 is 5.97 Å². The number of ether oxygens (including phenoxy) is 3. The topological polar surface area (TPSA) is 70.5 Å². The number of nitrogens with zero attached hydrogens (tertiary/aromatic N) is 2. The smallest absolute Gasteiger partial charge is 0.340 e. The second kappa shape index (κ2) is 9.47. The lowest BCUT2D eigenvalue weighted by Crippen LogP contribution is -2.08. The van der Waals surface area contributed by atoms with E-state index in [1.165, 1.54) is 6.20 Å². The van der Waals surface area contributed by atoms with Gasteiger partial charge in [-0.2, -0.15) is 0 Å². The summed E-state index contributed by atoms with van der Waals surface area (Å²) in [5.74, 6) is 0.987. The number of hydrogen-bond donors (Lipinski definition) is 0. The lowest BCUT2D eigenvalue weighted by atomic mass is 9.96. The summed E-state index contributed by atoms with van der Waals surface area (Å²) >= 11 is 0. The van der Waals surface area contributed by atoms with Gasteiger partial charge in [0.15, 0.2) is 0 Å². The second-order valence-corrected chi connectivity index (χ2v) is 6.99. The third-order valence-electron chi connectivity index (χ3n) is 5.09. The van der Waals surface area contributed by atoms with E-state index in [9.17, 15) is 4.79 Å². The molecule has 0 atom stereocenters. The molecular formula is C26H24N2O4. The van der Waals surface area contributed by atoms with Crippen molar-refractivity contribution in [1.82, 2.24) is 9.97 Å². The lowest BCUT2D eigenvalue weighted by Gasteiger charge is -2.14. The molecule has 4 aromatic rings. The fraction of sp³-hybridized carbons (Fsp3) is 0.192. The van der Waals surface area contributed by atoms with Crippen LogP contribution in [0, 0.1) is 0 Å². The molecule has 0 aliphatic rings. The third-order valence-corrected chi connectivity index (χ3v) is 5.09. The van der Waals surface area contributed by atoms with Crippen LogP contribution in [0.5, 0.6) is 11.5 Å². The molecule has 2 heterocycles. The van der Waals surface area contributed by atoms with E-state index in [4.69, 9.17) is 14.2 Å². The zero-order chi connectivity index (χ0) is 22.5. The standard InChI is InChI=1S/C26H24N2O4/c1-4-31-22-11-7-6-9-18(22)21-14-13-17(15-27-21)24-19-10-8-12-23(30-3)25(19)28-16-20(24)26(29)32-5-2/h6-16H,4-5H2,1-3H3. The van der Waals surface area contributed by atoms with Crippen LogP contribution in [-0.2, 0) is 4.74 Å². The number of fused-ring (bicyclic) bond motifs is 1. The Labute approximate surface area is 186 Å². The first kappa shape index (κ1) is 21.3. The van der Waals surface area contributed by atoms with Crippen LogP contribution in [0.4, 0.5) is 0 Å². The van der Waals surface area contributed by atoms with Crippen LogP contribution < -0.4 is 9.47 Å². The highest BCUT2D eigenvalue weighted by atomic mass is 16.5. The van der Waals surface area contributed by atoms with Crippen molar-refractivity contribution < 1.29 is 19.0 Å². The Morgan fingerprint density at radius 3 is 2.41 bits per heavy atom. The van der Waals surface area contributed by atoms with E-state index in [-0.39, 0.29) is 6.61 Å². The van der Waals surface area contributed by atoms with Crippen LogP contribution >= 0.6 is 0 Å². The van der Waals surface area contributed by atoms with E-state index in [1.54, 1.807) is 20.2 Å². The third kappa shape index (κ3) is 3.99. The Balaban J connectivity index is 1.87. The van der Waals surface area contributed by atoms with Gasteiger partial charge in [0, 0.05) is 34.5 Å². The van der Waals surface area contributed by atoms with Crippen molar-refractivity contribution in [2.45, 2.75) is 13.8 Å². The molecule has 0 radical (unpaired) electrons. The maximum atomic E-state index is 12.7. The largest absolute Gasteiger partial charge is 0.494 e. The molecule has 0 spiro atoms. The number of carbonyl (C=O) groups is 1. The molecular weight excluding hydrogens is 404 g/mol. The molecule has 2 aromatic carbocycles. The van der Waals surface area contributed by atoms with Crippen molar-refractivity contribution in [3.8, 4) is 33.9 Å². The maximum absolute atomic E-state index is 12.7. The van der Waals surface area contributed by atoms with Crippen LogP contribution in [-0.4, -0.2) is 36.3 Å². The van der Waals surface area contributed by atoms with Crippen LogP contribution in [0.2, 0.25) is 0 Å². The molecule has 0 aliphatic heterocycles. The van der Waals surface area contributed by atoms with Gasteiger partial charge in [-0.25, -0.2) is 4.79 Å². The quantitative estimate of drug-likeness (QED) is 0.360. The van der Waals surface area contributed by atoms with Crippen molar-refractivity contribution in [2.24, 2.45) is 0 Å². The highest BCUT2D eigenvalue weighted by Gasteiger charge is 2.20. The number of benzene rings is 2. The molecule has 6 nitrogen and oxygen atoms in total. The number of rotatable bonds is 7. The maximum Gasteiger partial charge on any atom is 0.340 e. The SMILES string of the molecule is CCOC(=O)c1cnc2c(OC)cccc2c1-c1ccc(-c2ccccc2OCC)nc1. The molecule has 2 aromatic heterocycles. The monoisotopic (exact) mass is 428 g/mol. The lowest BCUT2D eigenvalue weighted by molar-refractivity contribution is 0.0527. The Bertz CT molecular complexity index is 1250. The van der Waals surface area contributed by atoms with Gasteiger partial charge in [-0.15, -0.1) is 0 Å². The minimum atomic E-state index is -0.425. The minimum Gasteiger partial charge on any atom is -0.494 e. The van der Waals surface area contributed by atoms with Crippen LogP contribution in [0.1, 0.15) is 24.2 Å². The Morgan fingerprint density at radius 2 is 1.69 bits per heavy atom. The molecule has 0 aliphatic carbocycles. The first-order valence-corrected chi connectivity index (χ1v) is 10.5. The highest BCUT2D eigenvalue weighted by Crippen LogP contribution is 2.36. The first-order chi connectivity index (χ1) is 15.7. The molecule has 162 valence electrons. The van der Waals surface area contributed by atoms with Crippen molar-refractivity contribution in [3.05, 3.63) is 72.6 Å². The number of aromatic nitrogens is 2. The van der Waals surface area contributed by atoms with Gasteiger partial charge in [0.25, 0.3) is 0 Å². The van der Waals surface area contributed by atoms with Gasteiger partial charge in [-0.1, -0.05) is 30.3 Å². The second-order valence-electron chi connectivity index (χ2n) is 6.99. The molecule has 4 rings (SSSR count). The number of esters is 1. The fourth-order valence-electron chi connectivity index (χ4n) is 3.70. The number of para-hydroxylation sites is 2.